The van der Waals surface area contributed by atoms with E-state index in [0.29, 0.717) is 5.41 Å². The zero-order valence-corrected chi connectivity index (χ0v) is 13.2. The highest BCUT2D eigenvalue weighted by Crippen LogP contribution is 2.38. The number of hydrogen-bond acceptors (Lipinski definition) is 1. The fourth-order valence-electron chi connectivity index (χ4n) is 3.76. The normalized spacial score (nSPS) is 22.9. The summed E-state index contributed by atoms with van der Waals surface area (Å²) in [5.41, 5.74) is 3.63. The Morgan fingerprint density at radius 3 is 2.50 bits per heavy atom. The number of likely N-dealkylation sites (tertiary alicyclic amines) is 1. The molecule has 1 aromatic rings. The Bertz CT molecular complexity index is 439. The summed E-state index contributed by atoms with van der Waals surface area (Å²) < 4.78 is 0. The SMILES string of the molecule is CCCc1ccccc1C1(C)CCN(CC2CC2)CC1. The largest absolute Gasteiger partial charge is 0.303 e. The first-order chi connectivity index (χ1) is 9.71. The molecule has 3 rings (SSSR count). The van der Waals surface area contributed by atoms with Gasteiger partial charge in [0.15, 0.2) is 0 Å². The number of benzene rings is 1. The molecule has 0 radical (unpaired) electrons. The van der Waals surface area contributed by atoms with Gasteiger partial charge in [0, 0.05) is 6.54 Å². The van der Waals surface area contributed by atoms with Crippen molar-refractivity contribution >= 4 is 0 Å². The predicted molar refractivity (Wildman–Crippen MR) is 86.2 cm³/mol. The van der Waals surface area contributed by atoms with Gasteiger partial charge in [-0.3, -0.25) is 0 Å². The van der Waals surface area contributed by atoms with Gasteiger partial charge in [-0.25, -0.2) is 0 Å². The highest BCUT2D eigenvalue weighted by Gasteiger charge is 2.34. The van der Waals surface area contributed by atoms with E-state index in [-0.39, 0.29) is 0 Å². The Morgan fingerprint density at radius 2 is 1.85 bits per heavy atom. The lowest BCUT2D eigenvalue weighted by Crippen LogP contribution is -2.42. The van der Waals surface area contributed by atoms with E-state index in [1.165, 1.54) is 58.2 Å². The number of hydrogen-bond donors (Lipinski definition) is 0. The van der Waals surface area contributed by atoms with Crippen molar-refractivity contribution in [2.24, 2.45) is 5.92 Å². The van der Waals surface area contributed by atoms with E-state index in [0.717, 1.165) is 5.92 Å². The smallest absolute Gasteiger partial charge is 0.000967 e. The predicted octanol–water partition coefficient (Wildman–Crippen LogP) is 4.40. The summed E-state index contributed by atoms with van der Waals surface area (Å²) in [5.74, 6) is 1.03. The molecule has 0 atom stereocenters. The zero-order chi connectivity index (χ0) is 14.0. The summed E-state index contributed by atoms with van der Waals surface area (Å²) >= 11 is 0. The summed E-state index contributed by atoms with van der Waals surface area (Å²) in [6.07, 6.45) is 8.11. The van der Waals surface area contributed by atoms with Crippen molar-refractivity contribution in [1.82, 2.24) is 4.90 Å². The van der Waals surface area contributed by atoms with Crippen molar-refractivity contribution in [2.45, 2.75) is 57.8 Å². The Hall–Kier alpha value is -0.820. The topological polar surface area (TPSA) is 3.24 Å². The molecule has 1 saturated heterocycles. The molecule has 1 aliphatic heterocycles. The van der Waals surface area contributed by atoms with Crippen LogP contribution in [-0.4, -0.2) is 24.5 Å². The second-order valence-electron chi connectivity index (χ2n) is 7.21. The van der Waals surface area contributed by atoms with E-state index in [4.69, 9.17) is 0 Å². The van der Waals surface area contributed by atoms with Gasteiger partial charge in [-0.15, -0.1) is 0 Å². The highest BCUT2D eigenvalue weighted by atomic mass is 15.1. The lowest BCUT2D eigenvalue weighted by molar-refractivity contribution is 0.162. The van der Waals surface area contributed by atoms with Crippen LogP contribution in [-0.2, 0) is 11.8 Å². The van der Waals surface area contributed by atoms with Crippen molar-refractivity contribution < 1.29 is 0 Å². The average Bonchev–Trinajstić information content (AvgIpc) is 3.27. The van der Waals surface area contributed by atoms with Crippen molar-refractivity contribution in [3.05, 3.63) is 35.4 Å². The standard InChI is InChI=1S/C19H29N/c1-3-6-17-7-4-5-8-18(17)19(2)11-13-20(14-12-19)15-16-9-10-16/h4-5,7-8,16H,3,6,9-15H2,1-2H3. The third-order valence-electron chi connectivity index (χ3n) is 5.36. The highest BCUT2D eigenvalue weighted by molar-refractivity contribution is 5.34. The van der Waals surface area contributed by atoms with E-state index in [9.17, 15) is 0 Å². The average molecular weight is 271 g/mol. The maximum Gasteiger partial charge on any atom is 0.000967 e. The van der Waals surface area contributed by atoms with Gasteiger partial charge in [0.25, 0.3) is 0 Å². The zero-order valence-electron chi connectivity index (χ0n) is 13.2. The molecular weight excluding hydrogens is 242 g/mol. The number of rotatable bonds is 5. The molecule has 110 valence electrons. The van der Waals surface area contributed by atoms with Crippen LogP contribution in [0.1, 0.15) is 57.1 Å². The summed E-state index contributed by atoms with van der Waals surface area (Å²) in [4.78, 5) is 2.71. The number of nitrogens with zero attached hydrogens (tertiary/aromatic N) is 1. The van der Waals surface area contributed by atoms with Gasteiger partial charge in [0.1, 0.15) is 0 Å². The van der Waals surface area contributed by atoms with E-state index in [1.54, 1.807) is 11.1 Å². The van der Waals surface area contributed by atoms with Crippen molar-refractivity contribution in [3.63, 3.8) is 0 Å². The van der Waals surface area contributed by atoms with Crippen LogP contribution in [0.3, 0.4) is 0 Å². The molecule has 2 aliphatic rings. The fraction of sp³-hybridized carbons (Fsp3) is 0.684. The van der Waals surface area contributed by atoms with E-state index < -0.39 is 0 Å². The molecule has 0 spiro atoms. The minimum absolute atomic E-state index is 0.409. The lowest BCUT2D eigenvalue weighted by atomic mass is 9.72. The van der Waals surface area contributed by atoms with E-state index in [1.807, 2.05) is 0 Å². The van der Waals surface area contributed by atoms with Gasteiger partial charge in [0.05, 0.1) is 0 Å². The van der Waals surface area contributed by atoms with Gasteiger partial charge in [-0.05, 0) is 67.7 Å². The second-order valence-corrected chi connectivity index (χ2v) is 7.21. The van der Waals surface area contributed by atoms with Gasteiger partial charge >= 0.3 is 0 Å². The van der Waals surface area contributed by atoms with Crippen LogP contribution in [0.25, 0.3) is 0 Å². The number of piperidine rings is 1. The maximum absolute atomic E-state index is 2.71. The molecule has 0 N–H and O–H groups in total. The van der Waals surface area contributed by atoms with Gasteiger partial charge in [-0.2, -0.15) is 0 Å². The van der Waals surface area contributed by atoms with Crippen LogP contribution in [0.2, 0.25) is 0 Å². The molecule has 20 heavy (non-hydrogen) atoms. The van der Waals surface area contributed by atoms with Gasteiger partial charge in [0.2, 0.25) is 0 Å². The lowest BCUT2D eigenvalue weighted by Gasteiger charge is -2.41. The van der Waals surface area contributed by atoms with Crippen molar-refractivity contribution in [1.29, 1.82) is 0 Å². The van der Waals surface area contributed by atoms with Crippen LogP contribution in [0, 0.1) is 5.92 Å². The molecule has 2 fully saturated rings. The van der Waals surface area contributed by atoms with Gasteiger partial charge in [-0.1, -0.05) is 44.5 Å². The summed E-state index contributed by atoms with van der Waals surface area (Å²) in [7, 11) is 0. The van der Waals surface area contributed by atoms with Crippen LogP contribution in [0.5, 0.6) is 0 Å². The summed E-state index contributed by atoms with van der Waals surface area (Å²) in [6.45, 7) is 8.75. The van der Waals surface area contributed by atoms with Crippen LogP contribution >= 0.6 is 0 Å². The van der Waals surface area contributed by atoms with Crippen LogP contribution in [0.4, 0.5) is 0 Å². The molecule has 0 amide bonds. The minimum atomic E-state index is 0.409. The Kier molecular flexibility index (Phi) is 4.16. The molecule has 1 saturated carbocycles. The molecule has 1 heterocycles. The van der Waals surface area contributed by atoms with E-state index in [2.05, 4.69) is 43.0 Å². The molecule has 1 nitrogen and oxygen atoms in total. The molecule has 1 aliphatic carbocycles. The van der Waals surface area contributed by atoms with Crippen LogP contribution < -0.4 is 0 Å². The summed E-state index contributed by atoms with van der Waals surface area (Å²) in [5, 5.41) is 0. The molecule has 1 heteroatoms. The third kappa shape index (κ3) is 3.09. The van der Waals surface area contributed by atoms with Gasteiger partial charge < -0.3 is 4.90 Å². The number of aryl methyl sites for hydroxylation is 1. The van der Waals surface area contributed by atoms with Crippen molar-refractivity contribution in [3.8, 4) is 0 Å². The molecular formula is C19H29N. The monoisotopic (exact) mass is 271 g/mol. The first kappa shape index (κ1) is 14.1. The Morgan fingerprint density at radius 1 is 1.15 bits per heavy atom. The quantitative estimate of drug-likeness (QED) is 0.767. The minimum Gasteiger partial charge on any atom is -0.303 e. The molecule has 0 bridgehead atoms. The summed E-state index contributed by atoms with van der Waals surface area (Å²) in [6, 6.07) is 9.18. The van der Waals surface area contributed by atoms with Crippen molar-refractivity contribution in [2.75, 3.05) is 19.6 Å². The van der Waals surface area contributed by atoms with E-state index >= 15 is 0 Å². The first-order valence-corrected chi connectivity index (χ1v) is 8.52. The van der Waals surface area contributed by atoms with Crippen LogP contribution in [0.15, 0.2) is 24.3 Å². The Labute approximate surface area is 124 Å². The maximum atomic E-state index is 2.71. The Balaban J connectivity index is 1.69. The molecule has 0 unspecified atom stereocenters. The molecule has 0 aromatic heterocycles. The fourth-order valence-corrected chi connectivity index (χ4v) is 3.76. The second kappa shape index (κ2) is 5.89. The third-order valence-corrected chi connectivity index (χ3v) is 5.36. The molecule has 1 aromatic carbocycles. The first-order valence-electron chi connectivity index (χ1n) is 8.52.